The van der Waals surface area contributed by atoms with E-state index in [2.05, 4.69) is 63.7 Å². The summed E-state index contributed by atoms with van der Waals surface area (Å²) in [6, 6.07) is 38.4. The lowest BCUT2D eigenvalue weighted by Gasteiger charge is -2.25. The fraction of sp³-hybridized carbons (Fsp3) is 0.246. The zero-order chi connectivity index (χ0) is 57.1. The van der Waals surface area contributed by atoms with Crippen LogP contribution in [-0.4, -0.2) is 60.3 Å². The number of rotatable bonds is 25. The van der Waals surface area contributed by atoms with Crippen LogP contribution < -0.4 is 26.0 Å². The topological polar surface area (TPSA) is 203 Å². The van der Waals surface area contributed by atoms with Gasteiger partial charge in [0.15, 0.2) is 5.78 Å². The van der Waals surface area contributed by atoms with Crippen LogP contribution in [0.25, 0.3) is 75.4 Å². The SMILES string of the molecule is O=C(/C=C\C(=O)NCCc1ccc(Oc2cc3c4ccc5c6c(ccc(c7ccc8c(c2C(=O)NC8=O)c73)c64)C(=O)NC5=O)cc1)CCCCCCCCCCCCNC(=O)CCC(=O)OCc1cc2cccc3ccc4cccc1c4c32. The molecule has 0 aromatic heterocycles. The van der Waals surface area contributed by atoms with Crippen LogP contribution in [0.4, 0.5) is 0 Å². The molecule has 0 bridgehead atoms. The molecule has 0 saturated heterocycles. The first-order chi connectivity index (χ1) is 40.5. The number of imide groups is 2. The van der Waals surface area contributed by atoms with Gasteiger partial charge in [0.05, 0.1) is 12.0 Å². The van der Waals surface area contributed by atoms with Crippen LogP contribution in [0.1, 0.15) is 136 Å². The first-order valence-electron chi connectivity index (χ1n) is 28.8. The van der Waals surface area contributed by atoms with Crippen LogP contribution in [0.5, 0.6) is 11.5 Å². The Morgan fingerprint density at radius 3 is 1.75 bits per heavy atom. The van der Waals surface area contributed by atoms with Gasteiger partial charge in [-0.3, -0.25) is 49.0 Å². The average Bonchev–Trinajstić information content (AvgIpc) is 1.35. The second kappa shape index (κ2) is 23.5. The molecule has 12 rings (SSSR count). The molecule has 83 heavy (non-hydrogen) atoms. The van der Waals surface area contributed by atoms with Crippen LogP contribution in [0.2, 0.25) is 0 Å². The third-order valence-electron chi connectivity index (χ3n) is 16.4. The van der Waals surface area contributed by atoms with Gasteiger partial charge in [0.1, 0.15) is 18.1 Å². The van der Waals surface area contributed by atoms with Gasteiger partial charge in [-0.1, -0.05) is 130 Å². The number of amides is 6. The van der Waals surface area contributed by atoms with Crippen LogP contribution in [0.15, 0.2) is 133 Å². The Bertz CT molecular complexity index is 4290. The van der Waals surface area contributed by atoms with Gasteiger partial charge in [-0.25, -0.2) is 0 Å². The lowest BCUT2D eigenvalue weighted by atomic mass is 9.82. The fourth-order valence-corrected chi connectivity index (χ4v) is 12.3. The normalized spacial score (nSPS) is 13.1. The molecule has 6 amide bonds. The number of benzene rings is 10. The minimum absolute atomic E-state index is 0.0392. The van der Waals surface area contributed by atoms with Gasteiger partial charge in [-0.05, 0) is 144 Å². The number of fused-ring (bicyclic) bond motifs is 2. The Kier molecular flexibility index (Phi) is 15.3. The van der Waals surface area contributed by atoms with E-state index in [1.165, 1.54) is 28.3 Å². The van der Waals surface area contributed by atoms with E-state index in [4.69, 9.17) is 9.47 Å². The zero-order valence-electron chi connectivity index (χ0n) is 45.8. The van der Waals surface area contributed by atoms with E-state index in [-0.39, 0.29) is 54.3 Å². The van der Waals surface area contributed by atoms with E-state index >= 15 is 0 Å². The summed E-state index contributed by atoms with van der Waals surface area (Å²) in [5, 5.41) is 23.0. The molecule has 0 aliphatic carbocycles. The smallest absolute Gasteiger partial charge is 0.306 e. The maximum absolute atomic E-state index is 13.6. The maximum Gasteiger partial charge on any atom is 0.306 e. The van der Waals surface area contributed by atoms with Gasteiger partial charge >= 0.3 is 5.97 Å². The van der Waals surface area contributed by atoms with Gasteiger partial charge < -0.3 is 20.1 Å². The largest absolute Gasteiger partial charge is 0.461 e. The minimum Gasteiger partial charge on any atom is -0.461 e. The molecule has 0 radical (unpaired) electrons. The van der Waals surface area contributed by atoms with Crippen LogP contribution >= 0.6 is 0 Å². The van der Waals surface area contributed by atoms with E-state index in [0.29, 0.717) is 69.9 Å². The Morgan fingerprint density at radius 2 is 1.05 bits per heavy atom. The fourth-order valence-electron chi connectivity index (χ4n) is 12.3. The van der Waals surface area contributed by atoms with E-state index < -0.39 is 23.6 Å². The standard InChI is InChI=1S/C69H60N4O10/c74-45(16-9-7-5-3-1-2-4-6-8-10-35-70-57(76)32-33-58(77)82-39-44-37-43-15-11-13-41-20-21-42-14-12-17-47(44)60(42)59(41)43)22-31-56(75)71-36-34-40-18-23-46(24-19-40)83-55-38-54-50-27-29-52-63-51(66(78)72-67(52)79)28-25-48(61(50)63)49-26-30-53-64(62(49)54)65(55)69(81)73-68(53)80/h11-15,17-31,37-38H,1-10,16,32-36,39H2,(H,70,76)(H,71,75)(H,72,78,79)(H,73,80,81)/b31-22-. The highest BCUT2D eigenvalue weighted by molar-refractivity contribution is 6.41. The number of hydrogen-bond acceptors (Lipinski definition) is 10. The molecule has 14 nitrogen and oxygen atoms in total. The van der Waals surface area contributed by atoms with Gasteiger partial charge in [0.2, 0.25) is 11.8 Å². The van der Waals surface area contributed by atoms with Crippen molar-refractivity contribution in [1.29, 1.82) is 0 Å². The molecule has 0 saturated carbocycles. The zero-order valence-corrected chi connectivity index (χ0v) is 45.8. The average molecular weight is 1110 g/mol. The highest BCUT2D eigenvalue weighted by atomic mass is 16.5. The summed E-state index contributed by atoms with van der Waals surface area (Å²) in [5.74, 6) is -2.34. The second-order valence-electron chi connectivity index (χ2n) is 21.8. The van der Waals surface area contributed by atoms with Crippen molar-refractivity contribution < 1.29 is 47.8 Å². The molecule has 14 heteroatoms. The summed E-state index contributed by atoms with van der Waals surface area (Å²) in [6.45, 7) is 1.09. The lowest BCUT2D eigenvalue weighted by Crippen LogP contribution is -2.35. The van der Waals surface area contributed by atoms with E-state index in [1.807, 2.05) is 42.5 Å². The highest BCUT2D eigenvalue weighted by Gasteiger charge is 2.33. The number of carbonyl (C=O) groups excluding carboxylic acids is 8. The Balaban J connectivity index is 0.519. The Labute approximate surface area is 477 Å². The number of carbonyl (C=O) groups is 8. The van der Waals surface area contributed by atoms with Gasteiger partial charge in [-0.15, -0.1) is 0 Å². The molecule has 416 valence electrons. The number of ether oxygens (including phenoxy) is 2. The molecule has 0 fully saturated rings. The molecule has 2 aliphatic rings. The Morgan fingerprint density at radius 1 is 0.458 bits per heavy atom. The monoisotopic (exact) mass is 1100 g/mol. The first kappa shape index (κ1) is 54.0. The maximum atomic E-state index is 13.6. The van der Waals surface area contributed by atoms with E-state index in [9.17, 15) is 38.4 Å². The minimum atomic E-state index is -0.587. The van der Waals surface area contributed by atoms with Crippen LogP contribution in [0, 0.1) is 0 Å². The van der Waals surface area contributed by atoms with Crippen molar-refractivity contribution in [3.8, 4) is 11.5 Å². The number of esters is 1. The summed E-state index contributed by atoms with van der Waals surface area (Å²) in [7, 11) is 0. The van der Waals surface area contributed by atoms with Gasteiger partial charge in [0.25, 0.3) is 23.6 Å². The van der Waals surface area contributed by atoms with Crippen molar-refractivity contribution in [1.82, 2.24) is 21.3 Å². The predicted molar refractivity (Wildman–Crippen MR) is 322 cm³/mol. The summed E-state index contributed by atoms with van der Waals surface area (Å²) >= 11 is 0. The number of unbranched alkanes of at least 4 members (excludes halogenated alkanes) is 9. The van der Waals surface area contributed by atoms with Gasteiger partial charge in [0, 0.05) is 59.5 Å². The van der Waals surface area contributed by atoms with Gasteiger partial charge in [-0.2, -0.15) is 0 Å². The lowest BCUT2D eigenvalue weighted by molar-refractivity contribution is -0.146. The summed E-state index contributed by atoms with van der Waals surface area (Å²) in [5.41, 5.74) is 3.20. The highest BCUT2D eigenvalue weighted by Crippen LogP contribution is 2.48. The molecular formula is C69H60N4O10. The molecule has 0 spiro atoms. The van der Waals surface area contributed by atoms with Crippen molar-refractivity contribution in [2.75, 3.05) is 13.1 Å². The molecular weight excluding hydrogens is 1040 g/mol. The van der Waals surface area contributed by atoms with E-state index in [0.717, 1.165) is 113 Å². The Hall–Kier alpha value is -9.56. The molecule has 2 aliphatic heterocycles. The van der Waals surface area contributed by atoms with Crippen molar-refractivity contribution in [3.05, 3.63) is 167 Å². The molecule has 10 aromatic carbocycles. The van der Waals surface area contributed by atoms with Crippen molar-refractivity contribution in [3.63, 3.8) is 0 Å². The number of hydrogen-bond donors (Lipinski definition) is 4. The van der Waals surface area contributed by atoms with Crippen molar-refractivity contribution in [2.24, 2.45) is 0 Å². The number of ketones is 1. The molecule has 2 heterocycles. The van der Waals surface area contributed by atoms with Crippen LogP contribution in [0.3, 0.4) is 0 Å². The second-order valence-corrected chi connectivity index (χ2v) is 21.8. The third kappa shape index (κ3) is 10.9. The summed E-state index contributed by atoms with van der Waals surface area (Å²) in [4.78, 5) is 103. The molecule has 4 N–H and O–H groups in total. The number of nitrogens with one attached hydrogen (secondary N) is 4. The number of allylic oxidation sites excluding steroid dienone is 1. The van der Waals surface area contributed by atoms with E-state index in [1.54, 1.807) is 36.4 Å². The molecule has 10 aromatic rings. The third-order valence-corrected chi connectivity index (χ3v) is 16.4. The molecule has 0 atom stereocenters. The summed E-state index contributed by atoms with van der Waals surface area (Å²) < 4.78 is 12.1. The van der Waals surface area contributed by atoms with Crippen molar-refractivity contribution in [2.45, 2.75) is 96.5 Å². The van der Waals surface area contributed by atoms with Crippen molar-refractivity contribution >= 4 is 123 Å². The van der Waals surface area contributed by atoms with Crippen LogP contribution in [-0.2, 0) is 36.9 Å². The summed E-state index contributed by atoms with van der Waals surface area (Å²) in [6.07, 6.45) is 14.0. The molecule has 0 unspecified atom stereocenters. The quantitative estimate of drug-likeness (QED) is 0.0106. The first-order valence-corrected chi connectivity index (χ1v) is 28.8. The predicted octanol–water partition coefficient (Wildman–Crippen LogP) is 12.9.